The van der Waals surface area contributed by atoms with Crippen LogP contribution in [-0.4, -0.2) is 42.4 Å². The molecule has 3 rings (SSSR count). The Hall–Kier alpha value is -2.73. The largest absolute Gasteiger partial charge is 0.497 e. The smallest absolute Gasteiger partial charge is 0.318 e. The predicted molar refractivity (Wildman–Crippen MR) is 115 cm³/mol. The third-order valence-corrected chi connectivity index (χ3v) is 4.97. The van der Waals surface area contributed by atoms with Crippen LogP contribution >= 0.6 is 11.6 Å². The first-order valence-electron chi connectivity index (χ1n) is 9.62. The minimum Gasteiger partial charge on any atom is -0.497 e. The number of ether oxygens (including phenoxy) is 1. The summed E-state index contributed by atoms with van der Waals surface area (Å²) in [4.78, 5) is 20.1. The average molecular weight is 416 g/mol. The van der Waals surface area contributed by atoms with Crippen LogP contribution in [0.1, 0.15) is 31.4 Å². The van der Waals surface area contributed by atoms with Crippen molar-refractivity contribution >= 4 is 23.3 Å². The van der Waals surface area contributed by atoms with Gasteiger partial charge in [0, 0.05) is 24.0 Å². The highest BCUT2D eigenvalue weighted by molar-refractivity contribution is 6.31. The Kier molecular flexibility index (Phi) is 6.99. The molecule has 0 saturated carbocycles. The maximum atomic E-state index is 12.7. The van der Waals surface area contributed by atoms with Gasteiger partial charge in [-0.2, -0.15) is 0 Å². The number of amides is 2. The zero-order chi connectivity index (χ0) is 20.8. The van der Waals surface area contributed by atoms with Gasteiger partial charge in [0.25, 0.3) is 0 Å². The van der Waals surface area contributed by atoms with Crippen molar-refractivity contribution in [3.05, 3.63) is 64.7 Å². The van der Waals surface area contributed by atoms with Gasteiger partial charge in [-0.25, -0.2) is 4.79 Å². The fourth-order valence-electron chi connectivity index (χ4n) is 3.12. The number of carbonyl (C=O) groups is 1. The summed E-state index contributed by atoms with van der Waals surface area (Å²) in [6.45, 7) is 4.67. The van der Waals surface area contributed by atoms with Crippen molar-refractivity contribution in [2.45, 2.75) is 39.0 Å². The Balaban J connectivity index is 1.67. The van der Waals surface area contributed by atoms with Crippen LogP contribution < -0.4 is 10.1 Å². The minimum atomic E-state index is -0.215. The van der Waals surface area contributed by atoms with E-state index in [2.05, 4.69) is 10.5 Å². The summed E-state index contributed by atoms with van der Waals surface area (Å²) in [5, 5.41) is 7.82. The number of hydrogen-bond acceptors (Lipinski definition) is 4. The zero-order valence-electron chi connectivity index (χ0n) is 16.9. The molecule has 0 radical (unpaired) electrons. The Morgan fingerprint density at radius 1 is 1.28 bits per heavy atom. The molecule has 1 heterocycles. The van der Waals surface area contributed by atoms with Crippen molar-refractivity contribution in [2.24, 2.45) is 5.16 Å². The van der Waals surface area contributed by atoms with E-state index in [4.69, 9.17) is 21.2 Å². The number of benzene rings is 2. The maximum Gasteiger partial charge on any atom is 0.318 e. The van der Waals surface area contributed by atoms with Gasteiger partial charge >= 0.3 is 6.03 Å². The van der Waals surface area contributed by atoms with E-state index >= 15 is 0 Å². The summed E-state index contributed by atoms with van der Waals surface area (Å²) in [6, 6.07) is 15.1. The number of urea groups is 1. The van der Waals surface area contributed by atoms with Crippen molar-refractivity contribution in [3.63, 3.8) is 0 Å². The Bertz CT molecular complexity index is 868. The molecule has 0 unspecified atom stereocenters. The maximum absolute atomic E-state index is 12.7. The number of carbonyl (C=O) groups excluding carboxylic acids is 1. The minimum absolute atomic E-state index is 0.0341. The summed E-state index contributed by atoms with van der Waals surface area (Å²) in [7, 11) is 1.64. The number of nitrogens with zero attached hydrogens (tertiary/aromatic N) is 2. The van der Waals surface area contributed by atoms with Crippen molar-refractivity contribution in [1.82, 2.24) is 10.2 Å². The number of oxime groups is 1. The van der Waals surface area contributed by atoms with Gasteiger partial charge in [-0.1, -0.05) is 35.0 Å². The van der Waals surface area contributed by atoms with Crippen molar-refractivity contribution in [3.8, 4) is 5.75 Å². The molecular weight excluding hydrogens is 390 g/mol. The molecule has 0 aliphatic carbocycles. The summed E-state index contributed by atoms with van der Waals surface area (Å²) in [6.07, 6.45) is 0.410. The summed E-state index contributed by atoms with van der Waals surface area (Å²) in [5.74, 6) is 0.793. The number of nitrogens with one attached hydrogen (secondary N) is 1. The Labute approximate surface area is 176 Å². The number of methoxy groups -OCH3 is 1. The van der Waals surface area contributed by atoms with Crippen LogP contribution in [-0.2, 0) is 11.4 Å². The van der Waals surface area contributed by atoms with Gasteiger partial charge < -0.3 is 19.8 Å². The summed E-state index contributed by atoms with van der Waals surface area (Å²) >= 11 is 6.30. The van der Waals surface area contributed by atoms with Crippen LogP contribution in [0.25, 0.3) is 0 Å². The predicted octanol–water partition coefficient (Wildman–Crippen LogP) is 4.46. The van der Waals surface area contributed by atoms with Gasteiger partial charge in [-0.3, -0.25) is 0 Å². The van der Waals surface area contributed by atoms with Crippen molar-refractivity contribution < 1.29 is 14.4 Å². The molecule has 0 bridgehead atoms. The molecule has 0 spiro atoms. The lowest BCUT2D eigenvalue weighted by molar-refractivity contribution is 0.0586. The van der Waals surface area contributed by atoms with Gasteiger partial charge in [-0.15, -0.1) is 0 Å². The van der Waals surface area contributed by atoms with Crippen LogP contribution in [0.5, 0.6) is 5.75 Å². The van der Waals surface area contributed by atoms with Gasteiger partial charge in [0.15, 0.2) is 6.10 Å². The molecule has 1 aliphatic rings. The molecule has 2 amide bonds. The van der Waals surface area contributed by atoms with E-state index in [0.29, 0.717) is 24.5 Å². The zero-order valence-corrected chi connectivity index (χ0v) is 17.6. The quantitative estimate of drug-likeness (QED) is 0.726. The highest BCUT2D eigenvalue weighted by Crippen LogP contribution is 2.22. The van der Waals surface area contributed by atoms with Crippen LogP contribution in [0.2, 0.25) is 5.02 Å². The molecule has 1 atom stereocenters. The molecule has 2 aromatic carbocycles. The van der Waals surface area contributed by atoms with Crippen molar-refractivity contribution in [1.29, 1.82) is 0 Å². The Morgan fingerprint density at radius 2 is 2.00 bits per heavy atom. The fourth-order valence-corrected chi connectivity index (χ4v) is 3.31. The second-order valence-electron chi connectivity index (χ2n) is 7.27. The van der Waals surface area contributed by atoms with E-state index in [1.165, 1.54) is 0 Å². The monoisotopic (exact) mass is 415 g/mol. The van der Waals surface area contributed by atoms with Crippen molar-refractivity contribution in [2.75, 3.05) is 13.7 Å². The molecular formula is C22H26ClN3O3. The SMILES string of the molecule is COc1ccc(C2=NO[C@@H](CN(Cc3ccccc3Cl)C(=O)NC(C)C)C2)cc1. The summed E-state index contributed by atoms with van der Waals surface area (Å²) < 4.78 is 5.20. The van der Waals surface area contributed by atoms with E-state index in [-0.39, 0.29) is 18.2 Å². The number of rotatable bonds is 7. The first-order chi connectivity index (χ1) is 14.0. The first-order valence-corrected chi connectivity index (χ1v) is 10.00. The molecule has 1 aliphatic heterocycles. The normalized spacial score (nSPS) is 15.6. The molecule has 2 aromatic rings. The average Bonchev–Trinajstić information content (AvgIpc) is 3.17. The third-order valence-electron chi connectivity index (χ3n) is 4.60. The second-order valence-corrected chi connectivity index (χ2v) is 7.68. The standard InChI is InChI=1S/C22H26ClN3O3/c1-15(2)24-22(27)26(13-17-6-4-5-7-20(17)23)14-19-12-21(25-29-19)16-8-10-18(28-3)11-9-16/h4-11,15,19H,12-14H2,1-3H3,(H,24,27)/t19-/m1/s1. The van der Waals surface area contributed by atoms with E-state index in [0.717, 1.165) is 22.6 Å². The molecule has 154 valence electrons. The van der Waals surface area contributed by atoms with E-state index in [9.17, 15) is 4.79 Å². The Morgan fingerprint density at radius 3 is 2.66 bits per heavy atom. The van der Waals surface area contributed by atoms with E-state index < -0.39 is 0 Å². The topological polar surface area (TPSA) is 63.2 Å². The van der Waals surface area contributed by atoms with Crippen LogP contribution in [0, 0.1) is 0 Å². The molecule has 0 aromatic heterocycles. The van der Waals surface area contributed by atoms with Crippen LogP contribution in [0.4, 0.5) is 4.79 Å². The second kappa shape index (κ2) is 9.65. The third kappa shape index (κ3) is 5.64. The molecule has 6 nitrogen and oxygen atoms in total. The lowest BCUT2D eigenvalue weighted by Crippen LogP contribution is -2.45. The van der Waals surface area contributed by atoms with Gasteiger partial charge in [0.2, 0.25) is 0 Å². The first kappa shape index (κ1) is 21.0. The molecule has 0 fully saturated rings. The number of hydrogen-bond donors (Lipinski definition) is 1. The van der Waals surface area contributed by atoms with Gasteiger partial charge in [-0.05, 0) is 55.3 Å². The lowest BCUT2D eigenvalue weighted by atomic mass is 10.0. The van der Waals surface area contributed by atoms with E-state index in [1.54, 1.807) is 12.0 Å². The highest BCUT2D eigenvalue weighted by atomic mass is 35.5. The molecule has 0 saturated heterocycles. The molecule has 7 heteroatoms. The molecule has 29 heavy (non-hydrogen) atoms. The van der Waals surface area contributed by atoms with Crippen LogP contribution in [0.15, 0.2) is 53.7 Å². The summed E-state index contributed by atoms with van der Waals surface area (Å²) in [5.41, 5.74) is 2.74. The number of halogens is 1. The lowest BCUT2D eigenvalue weighted by Gasteiger charge is -2.26. The molecule has 1 N–H and O–H groups in total. The fraction of sp³-hybridized carbons (Fsp3) is 0.364. The van der Waals surface area contributed by atoms with Gasteiger partial charge in [0.1, 0.15) is 5.75 Å². The van der Waals surface area contributed by atoms with Gasteiger partial charge in [0.05, 0.1) is 19.4 Å². The van der Waals surface area contributed by atoms with Crippen LogP contribution in [0.3, 0.4) is 0 Å². The highest BCUT2D eigenvalue weighted by Gasteiger charge is 2.27. The van der Waals surface area contributed by atoms with E-state index in [1.807, 2.05) is 62.4 Å².